The summed E-state index contributed by atoms with van der Waals surface area (Å²) >= 11 is 0. The molecule has 1 aromatic rings. The molecule has 3 nitrogen and oxygen atoms in total. The van der Waals surface area contributed by atoms with Gasteiger partial charge in [-0.15, -0.1) is 0 Å². The Bertz CT molecular complexity index is 344. The van der Waals surface area contributed by atoms with Crippen molar-refractivity contribution in [2.45, 2.75) is 19.8 Å². The molecule has 0 saturated carbocycles. The van der Waals surface area contributed by atoms with Crippen molar-refractivity contribution >= 4 is 5.69 Å². The standard InChI is InChI=1S/C13H18N2O/c1-2-9-16-10-5-8-15-13-7-4-3-6-12(13)11-14/h3-4,6-7,15H,2,5,8-10H2,1H3. The van der Waals surface area contributed by atoms with E-state index in [1.807, 2.05) is 24.3 Å². The zero-order chi connectivity index (χ0) is 11.6. The molecule has 0 amide bonds. The summed E-state index contributed by atoms with van der Waals surface area (Å²) in [7, 11) is 0. The Labute approximate surface area is 97.0 Å². The van der Waals surface area contributed by atoms with E-state index in [0.717, 1.165) is 38.3 Å². The Hall–Kier alpha value is -1.53. The first-order chi connectivity index (χ1) is 7.88. The van der Waals surface area contributed by atoms with Crippen LogP contribution in [0.4, 0.5) is 5.69 Å². The van der Waals surface area contributed by atoms with Crippen LogP contribution in [-0.4, -0.2) is 19.8 Å². The number of hydrogen-bond acceptors (Lipinski definition) is 3. The van der Waals surface area contributed by atoms with Crippen LogP contribution < -0.4 is 5.32 Å². The predicted molar refractivity (Wildman–Crippen MR) is 65.4 cm³/mol. The molecule has 0 fully saturated rings. The zero-order valence-electron chi connectivity index (χ0n) is 9.70. The second-order valence-electron chi connectivity index (χ2n) is 3.55. The van der Waals surface area contributed by atoms with Crippen LogP contribution in [0.15, 0.2) is 24.3 Å². The highest BCUT2D eigenvalue weighted by Crippen LogP contribution is 2.12. The lowest BCUT2D eigenvalue weighted by molar-refractivity contribution is 0.134. The number of para-hydroxylation sites is 1. The van der Waals surface area contributed by atoms with Crippen LogP contribution in [-0.2, 0) is 4.74 Å². The fourth-order valence-electron chi connectivity index (χ4n) is 1.38. The Morgan fingerprint density at radius 1 is 1.31 bits per heavy atom. The second kappa shape index (κ2) is 7.72. The molecular weight excluding hydrogens is 200 g/mol. The highest BCUT2D eigenvalue weighted by molar-refractivity contribution is 5.56. The van der Waals surface area contributed by atoms with E-state index in [1.165, 1.54) is 0 Å². The van der Waals surface area contributed by atoms with Gasteiger partial charge >= 0.3 is 0 Å². The molecule has 0 aliphatic heterocycles. The van der Waals surface area contributed by atoms with Crippen LogP contribution in [0.2, 0.25) is 0 Å². The van der Waals surface area contributed by atoms with Crippen LogP contribution in [0.1, 0.15) is 25.3 Å². The maximum absolute atomic E-state index is 8.88. The summed E-state index contributed by atoms with van der Waals surface area (Å²) in [6, 6.07) is 9.70. The molecular formula is C13H18N2O. The highest BCUT2D eigenvalue weighted by Gasteiger charge is 1.98. The van der Waals surface area contributed by atoms with E-state index in [1.54, 1.807) is 0 Å². The molecule has 0 unspecified atom stereocenters. The van der Waals surface area contributed by atoms with Crippen LogP contribution in [0.5, 0.6) is 0 Å². The third kappa shape index (κ3) is 4.33. The van der Waals surface area contributed by atoms with Crippen molar-refractivity contribution in [2.24, 2.45) is 0 Å². The molecule has 1 N–H and O–H groups in total. The van der Waals surface area contributed by atoms with Crippen molar-refractivity contribution in [3.8, 4) is 6.07 Å². The SMILES string of the molecule is CCCOCCCNc1ccccc1C#N. The van der Waals surface area contributed by atoms with Gasteiger partial charge in [0.2, 0.25) is 0 Å². The minimum Gasteiger partial charge on any atom is -0.384 e. The molecule has 0 heterocycles. The third-order valence-electron chi connectivity index (χ3n) is 2.18. The van der Waals surface area contributed by atoms with Crippen LogP contribution in [0.25, 0.3) is 0 Å². The zero-order valence-corrected chi connectivity index (χ0v) is 9.70. The number of nitriles is 1. The van der Waals surface area contributed by atoms with Crippen molar-refractivity contribution < 1.29 is 4.74 Å². The Balaban J connectivity index is 2.24. The average Bonchev–Trinajstić information content (AvgIpc) is 2.34. The lowest BCUT2D eigenvalue weighted by atomic mass is 10.2. The lowest BCUT2D eigenvalue weighted by Crippen LogP contribution is -2.07. The molecule has 0 radical (unpaired) electrons. The smallest absolute Gasteiger partial charge is 0.101 e. The van der Waals surface area contributed by atoms with Gasteiger partial charge in [0, 0.05) is 19.8 Å². The molecule has 1 aromatic carbocycles. The summed E-state index contributed by atoms with van der Waals surface area (Å²) in [5.41, 5.74) is 1.59. The maximum atomic E-state index is 8.88. The Morgan fingerprint density at radius 3 is 2.88 bits per heavy atom. The summed E-state index contributed by atoms with van der Waals surface area (Å²) in [4.78, 5) is 0. The molecule has 0 aromatic heterocycles. The number of rotatable bonds is 7. The summed E-state index contributed by atoms with van der Waals surface area (Å²) in [5.74, 6) is 0. The van der Waals surface area contributed by atoms with E-state index in [-0.39, 0.29) is 0 Å². The van der Waals surface area contributed by atoms with E-state index in [4.69, 9.17) is 10.00 Å². The first kappa shape index (κ1) is 12.5. The number of nitrogens with zero attached hydrogens (tertiary/aromatic N) is 1. The highest BCUT2D eigenvalue weighted by atomic mass is 16.5. The van der Waals surface area contributed by atoms with Gasteiger partial charge in [0.1, 0.15) is 6.07 Å². The topological polar surface area (TPSA) is 45.0 Å². The second-order valence-corrected chi connectivity index (χ2v) is 3.55. The fourth-order valence-corrected chi connectivity index (χ4v) is 1.38. The first-order valence-corrected chi connectivity index (χ1v) is 5.69. The van der Waals surface area contributed by atoms with E-state index < -0.39 is 0 Å². The average molecular weight is 218 g/mol. The maximum Gasteiger partial charge on any atom is 0.101 e. The van der Waals surface area contributed by atoms with Gasteiger partial charge in [0.25, 0.3) is 0 Å². The van der Waals surface area contributed by atoms with E-state index in [2.05, 4.69) is 18.3 Å². The molecule has 0 atom stereocenters. The summed E-state index contributed by atoms with van der Waals surface area (Å²) in [5, 5.41) is 12.1. The summed E-state index contributed by atoms with van der Waals surface area (Å²) in [6.45, 7) is 4.54. The van der Waals surface area contributed by atoms with Crippen LogP contribution in [0, 0.1) is 11.3 Å². The number of benzene rings is 1. The number of nitrogens with one attached hydrogen (secondary N) is 1. The van der Waals surface area contributed by atoms with Gasteiger partial charge in [-0.05, 0) is 25.0 Å². The first-order valence-electron chi connectivity index (χ1n) is 5.69. The molecule has 0 aliphatic rings. The lowest BCUT2D eigenvalue weighted by Gasteiger charge is -2.07. The van der Waals surface area contributed by atoms with Crippen molar-refractivity contribution in [3.63, 3.8) is 0 Å². The van der Waals surface area contributed by atoms with Gasteiger partial charge in [-0.1, -0.05) is 19.1 Å². The number of anilines is 1. The van der Waals surface area contributed by atoms with Gasteiger partial charge in [0.05, 0.1) is 11.3 Å². The van der Waals surface area contributed by atoms with E-state index in [0.29, 0.717) is 5.56 Å². The molecule has 0 bridgehead atoms. The Kier molecular flexibility index (Phi) is 6.05. The monoisotopic (exact) mass is 218 g/mol. The number of ether oxygens (including phenoxy) is 1. The van der Waals surface area contributed by atoms with Crippen molar-refractivity contribution in [1.29, 1.82) is 5.26 Å². The van der Waals surface area contributed by atoms with Gasteiger partial charge in [-0.3, -0.25) is 0 Å². The predicted octanol–water partition coefficient (Wildman–Crippen LogP) is 2.79. The molecule has 0 spiro atoms. The minimum atomic E-state index is 0.692. The molecule has 86 valence electrons. The van der Waals surface area contributed by atoms with Gasteiger partial charge in [-0.25, -0.2) is 0 Å². The molecule has 16 heavy (non-hydrogen) atoms. The summed E-state index contributed by atoms with van der Waals surface area (Å²) in [6.07, 6.45) is 2.02. The minimum absolute atomic E-state index is 0.692. The molecule has 1 rings (SSSR count). The van der Waals surface area contributed by atoms with Gasteiger partial charge in [-0.2, -0.15) is 5.26 Å². The molecule has 0 aliphatic carbocycles. The third-order valence-corrected chi connectivity index (χ3v) is 2.18. The van der Waals surface area contributed by atoms with Crippen LogP contribution >= 0.6 is 0 Å². The quantitative estimate of drug-likeness (QED) is 0.716. The van der Waals surface area contributed by atoms with Gasteiger partial charge < -0.3 is 10.1 Å². The molecule has 0 saturated heterocycles. The largest absolute Gasteiger partial charge is 0.384 e. The number of hydrogen-bond donors (Lipinski definition) is 1. The van der Waals surface area contributed by atoms with E-state index in [9.17, 15) is 0 Å². The van der Waals surface area contributed by atoms with Crippen molar-refractivity contribution in [2.75, 3.05) is 25.1 Å². The fraction of sp³-hybridized carbons (Fsp3) is 0.462. The van der Waals surface area contributed by atoms with E-state index >= 15 is 0 Å². The Morgan fingerprint density at radius 2 is 2.12 bits per heavy atom. The molecule has 3 heteroatoms. The van der Waals surface area contributed by atoms with Gasteiger partial charge in [0.15, 0.2) is 0 Å². The van der Waals surface area contributed by atoms with Crippen LogP contribution in [0.3, 0.4) is 0 Å². The summed E-state index contributed by atoms with van der Waals surface area (Å²) < 4.78 is 5.37. The van der Waals surface area contributed by atoms with Crippen molar-refractivity contribution in [1.82, 2.24) is 0 Å². The normalized spacial score (nSPS) is 9.75. The van der Waals surface area contributed by atoms with Crippen molar-refractivity contribution in [3.05, 3.63) is 29.8 Å².